The Balaban J connectivity index is 1.84. The fourth-order valence-electron chi connectivity index (χ4n) is 4.96. The van der Waals surface area contributed by atoms with Gasteiger partial charge < -0.3 is 10.4 Å². The molecule has 0 heterocycles. The summed E-state index contributed by atoms with van der Waals surface area (Å²) in [5.74, 6) is -1.49. The molecule has 0 aliphatic heterocycles. The van der Waals surface area contributed by atoms with E-state index in [9.17, 15) is 22.3 Å². The first kappa shape index (κ1) is 27.7. The van der Waals surface area contributed by atoms with Gasteiger partial charge in [-0.3, -0.25) is 0 Å². The molecule has 1 saturated carbocycles. The van der Waals surface area contributed by atoms with Crippen molar-refractivity contribution in [2.24, 2.45) is 0 Å². The van der Waals surface area contributed by atoms with Crippen LogP contribution in [0.4, 0.5) is 8.78 Å². The van der Waals surface area contributed by atoms with Gasteiger partial charge in [-0.1, -0.05) is 64.3 Å². The van der Waals surface area contributed by atoms with E-state index < -0.39 is 33.8 Å². The maximum atomic E-state index is 13.7. The third-order valence-corrected chi connectivity index (χ3v) is 7.58. The SMILES string of the molecule is CC(C)(C)c1cccc(C2(NCC(O)C(Cc3cc(F)cc(F)c3)NS(C)(=O)=O)CCCCC2)c1. The summed E-state index contributed by atoms with van der Waals surface area (Å²) in [6, 6.07) is 10.7. The lowest BCUT2D eigenvalue weighted by Gasteiger charge is -2.41. The molecular formula is C27H38F2N2O3S. The zero-order valence-corrected chi connectivity index (χ0v) is 21.9. The fraction of sp³-hybridized carbons (Fsp3) is 0.556. The van der Waals surface area contributed by atoms with Crippen molar-refractivity contribution in [1.82, 2.24) is 10.0 Å². The molecule has 0 saturated heterocycles. The van der Waals surface area contributed by atoms with Crippen LogP contribution in [-0.2, 0) is 27.4 Å². The third kappa shape index (κ3) is 7.81. The fourth-order valence-corrected chi connectivity index (χ4v) is 5.75. The van der Waals surface area contributed by atoms with Gasteiger partial charge >= 0.3 is 0 Å². The Bertz CT molecular complexity index is 1090. The van der Waals surface area contributed by atoms with Gasteiger partial charge in [0.05, 0.1) is 18.4 Å². The molecule has 0 amide bonds. The molecule has 1 aliphatic carbocycles. The molecule has 3 rings (SSSR count). The minimum Gasteiger partial charge on any atom is -0.390 e. The Kier molecular flexibility index (Phi) is 8.73. The maximum absolute atomic E-state index is 13.7. The van der Waals surface area contributed by atoms with E-state index >= 15 is 0 Å². The highest BCUT2D eigenvalue weighted by atomic mass is 32.2. The second-order valence-corrected chi connectivity index (χ2v) is 12.7. The van der Waals surface area contributed by atoms with Crippen molar-refractivity contribution in [3.63, 3.8) is 0 Å². The Morgan fingerprint density at radius 2 is 1.66 bits per heavy atom. The van der Waals surface area contributed by atoms with E-state index in [1.165, 1.54) is 5.56 Å². The number of hydrogen-bond acceptors (Lipinski definition) is 4. The first-order valence-electron chi connectivity index (χ1n) is 12.2. The van der Waals surface area contributed by atoms with E-state index in [4.69, 9.17) is 0 Å². The Labute approximate surface area is 208 Å². The lowest BCUT2D eigenvalue weighted by atomic mass is 9.74. The van der Waals surface area contributed by atoms with Crippen molar-refractivity contribution >= 4 is 10.0 Å². The van der Waals surface area contributed by atoms with Gasteiger partial charge in [0.1, 0.15) is 11.6 Å². The van der Waals surface area contributed by atoms with Crippen molar-refractivity contribution in [2.75, 3.05) is 12.8 Å². The molecule has 0 radical (unpaired) electrons. The highest BCUT2D eigenvalue weighted by molar-refractivity contribution is 7.88. The summed E-state index contributed by atoms with van der Waals surface area (Å²) in [4.78, 5) is 0. The van der Waals surface area contributed by atoms with Crippen LogP contribution in [0.15, 0.2) is 42.5 Å². The van der Waals surface area contributed by atoms with E-state index in [-0.39, 0.29) is 29.5 Å². The first-order valence-corrected chi connectivity index (χ1v) is 14.1. The summed E-state index contributed by atoms with van der Waals surface area (Å²) in [7, 11) is -3.67. The summed E-state index contributed by atoms with van der Waals surface area (Å²) in [5.41, 5.74) is 2.33. The minimum absolute atomic E-state index is 0.00386. The van der Waals surface area contributed by atoms with Crippen LogP contribution in [0.5, 0.6) is 0 Å². The van der Waals surface area contributed by atoms with Gasteiger partial charge in [-0.2, -0.15) is 0 Å². The highest BCUT2D eigenvalue weighted by Gasteiger charge is 2.35. The summed E-state index contributed by atoms with van der Waals surface area (Å²) < 4.78 is 53.9. The number of nitrogens with one attached hydrogen (secondary N) is 2. The van der Waals surface area contributed by atoms with Crippen molar-refractivity contribution in [1.29, 1.82) is 0 Å². The third-order valence-electron chi connectivity index (χ3n) is 6.85. The van der Waals surface area contributed by atoms with Crippen LogP contribution >= 0.6 is 0 Å². The molecule has 2 atom stereocenters. The summed E-state index contributed by atoms with van der Waals surface area (Å²) in [6.07, 6.45) is 4.92. The van der Waals surface area contributed by atoms with E-state index in [2.05, 4.69) is 55.1 Å². The van der Waals surface area contributed by atoms with Crippen LogP contribution in [0.2, 0.25) is 0 Å². The first-order chi connectivity index (χ1) is 16.3. The van der Waals surface area contributed by atoms with Crippen molar-refractivity contribution < 1.29 is 22.3 Å². The molecule has 194 valence electrons. The van der Waals surface area contributed by atoms with Gasteiger partial charge in [0.2, 0.25) is 10.0 Å². The average molecular weight is 509 g/mol. The highest BCUT2D eigenvalue weighted by Crippen LogP contribution is 2.38. The average Bonchev–Trinajstić information content (AvgIpc) is 2.75. The number of rotatable bonds is 9. The number of sulfonamides is 1. The summed E-state index contributed by atoms with van der Waals surface area (Å²) >= 11 is 0. The molecule has 0 aromatic heterocycles. The minimum atomic E-state index is -3.67. The van der Waals surface area contributed by atoms with Crippen LogP contribution in [0.3, 0.4) is 0 Å². The number of benzene rings is 2. The molecule has 3 N–H and O–H groups in total. The molecule has 0 bridgehead atoms. The standard InChI is InChI=1S/C27H38F2N2O3S/c1-26(2,3)20-9-8-10-21(16-20)27(11-6-5-7-12-27)30-18-25(32)24(31-35(4,33)34)15-19-13-22(28)17-23(29)14-19/h8-10,13-14,16-17,24-25,30-32H,5-7,11-12,15,18H2,1-4H3. The van der Waals surface area contributed by atoms with Gasteiger partial charge in [-0.15, -0.1) is 0 Å². The lowest BCUT2D eigenvalue weighted by Crippen LogP contribution is -2.53. The summed E-state index contributed by atoms with van der Waals surface area (Å²) in [5, 5.41) is 14.6. The molecule has 2 aromatic rings. The van der Waals surface area contributed by atoms with Crippen LogP contribution in [0.25, 0.3) is 0 Å². The zero-order chi connectivity index (χ0) is 25.9. The maximum Gasteiger partial charge on any atom is 0.209 e. The molecule has 8 heteroatoms. The topological polar surface area (TPSA) is 78.4 Å². The molecule has 35 heavy (non-hydrogen) atoms. The van der Waals surface area contributed by atoms with Crippen molar-refractivity contribution in [3.05, 3.63) is 70.8 Å². The second kappa shape index (κ2) is 11.0. The largest absolute Gasteiger partial charge is 0.390 e. The zero-order valence-electron chi connectivity index (χ0n) is 21.1. The normalized spacial score (nSPS) is 18.3. The van der Waals surface area contributed by atoms with Gasteiger partial charge in [0, 0.05) is 18.2 Å². The number of halogens is 2. The van der Waals surface area contributed by atoms with Gasteiger partial charge in [-0.25, -0.2) is 21.9 Å². The van der Waals surface area contributed by atoms with E-state index in [0.29, 0.717) is 0 Å². The number of aliphatic hydroxyl groups is 1. The Hall–Kier alpha value is -1.87. The molecule has 1 fully saturated rings. The molecule has 5 nitrogen and oxygen atoms in total. The molecular weight excluding hydrogens is 470 g/mol. The van der Waals surface area contributed by atoms with Crippen molar-refractivity contribution in [2.45, 2.75) is 82.4 Å². The van der Waals surface area contributed by atoms with Crippen molar-refractivity contribution in [3.8, 4) is 0 Å². The van der Waals surface area contributed by atoms with Gasteiger partial charge in [-0.05, 0) is 53.5 Å². The molecule has 2 unspecified atom stereocenters. The van der Waals surface area contributed by atoms with Crippen LogP contribution in [0, 0.1) is 11.6 Å². The van der Waals surface area contributed by atoms with Gasteiger partial charge in [0.25, 0.3) is 0 Å². The van der Waals surface area contributed by atoms with E-state index in [1.54, 1.807) is 0 Å². The molecule has 0 spiro atoms. The van der Waals surface area contributed by atoms with Crippen LogP contribution in [0.1, 0.15) is 69.6 Å². The van der Waals surface area contributed by atoms with Crippen LogP contribution in [-0.4, -0.2) is 38.5 Å². The molecule has 1 aliphatic rings. The monoisotopic (exact) mass is 508 g/mol. The summed E-state index contributed by atoms with van der Waals surface area (Å²) in [6.45, 7) is 6.65. The number of hydrogen-bond donors (Lipinski definition) is 3. The quantitative estimate of drug-likeness (QED) is 0.465. The second-order valence-electron chi connectivity index (χ2n) is 10.9. The lowest BCUT2D eigenvalue weighted by molar-refractivity contribution is 0.111. The Morgan fingerprint density at radius 3 is 2.23 bits per heavy atom. The van der Waals surface area contributed by atoms with E-state index in [0.717, 1.165) is 62.1 Å². The van der Waals surface area contributed by atoms with Gasteiger partial charge in [0.15, 0.2) is 0 Å². The smallest absolute Gasteiger partial charge is 0.209 e. The molecule has 2 aromatic carbocycles. The predicted molar refractivity (Wildman–Crippen MR) is 136 cm³/mol. The van der Waals surface area contributed by atoms with E-state index in [1.807, 2.05) is 0 Å². The predicted octanol–water partition coefficient (Wildman–Crippen LogP) is 4.53. The number of aliphatic hydroxyl groups excluding tert-OH is 1. The van der Waals surface area contributed by atoms with Crippen LogP contribution < -0.4 is 10.0 Å². The Morgan fingerprint density at radius 1 is 1.03 bits per heavy atom.